The maximum atomic E-state index is 10.1. The molecule has 0 spiro atoms. The van der Waals surface area contributed by atoms with Crippen LogP contribution in [0.3, 0.4) is 0 Å². The van der Waals surface area contributed by atoms with Gasteiger partial charge >= 0.3 is 0 Å². The predicted octanol–water partition coefficient (Wildman–Crippen LogP) is 2.52. The second kappa shape index (κ2) is 4.70. The summed E-state index contributed by atoms with van der Waals surface area (Å²) in [5.41, 5.74) is 2.68. The Kier molecular flexibility index (Phi) is 3.52. The minimum absolute atomic E-state index is 0.675. The number of carbonyl (C=O) groups is 1. The molecule has 0 saturated carbocycles. The van der Waals surface area contributed by atoms with Crippen molar-refractivity contribution in [2.24, 2.45) is 0 Å². The first-order chi connectivity index (χ1) is 5.84. The van der Waals surface area contributed by atoms with E-state index in [1.54, 1.807) is 0 Å². The van der Waals surface area contributed by atoms with Crippen LogP contribution in [0.2, 0.25) is 0 Å². The molecule has 0 bridgehead atoms. The van der Waals surface area contributed by atoms with E-state index in [2.05, 4.69) is 19.1 Å². The second-order valence-corrected chi connectivity index (χ2v) is 2.99. The Morgan fingerprint density at radius 3 is 2.75 bits per heavy atom. The van der Waals surface area contributed by atoms with Crippen molar-refractivity contribution in [3.8, 4) is 0 Å². The van der Waals surface area contributed by atoms with Gasteiger partial charge in [-0.05, 0) is 30.9 Å². The molecular formula is C11H14O. The molecule has 1 nitrogen and oxygen atoms in total. The van der Waals surface area contributed by atoms with Crippen LogP contribution in [0.25, 0.3) is 0 Å². The number of hydrogen-bond acceptors (Lipinski definition) is 1. The lowest BCUT2D eigenvalue weighted by Gasteiger charge is -2.02. The van der Waals surface area contributed by atoms with Crippen LogP contribution < -0.4 is 0 Å². The third-order valence-electron chi connectivity index (χ3n) is 2.03. The average Bonchev–Trinajstić information content (AvgIpc) is 2.09. The van der Waals surface area contributed by atoms with Crippen molar-refractivity contribution in [3.63, 3.8) is 0 Å². The highest BCUT2D eigenvalue weighted by Crippen LogP contribution is 2.09. The first-order valence-corrected chi connectivity index (χ1v) is 4.32. The van der Waals surface area contributed by atoms with Crippen molar-refractivity contribution in [2.45, 2.75) is 26.2 Å². The summed E-state index contributed by atoms with van der Waals surface area (Å²) < 4.78 is 0. The maximum Gasteiger partial charge on any atom is 0.120 e. The van der Waals surface area contributed by atoms with Crippen molar-refractivity contribution in [2.75, 3.05) is 0 Å². The van der Waals surface area contributed by atoms with Crippen LogP contribution >= 0.6 is 0 Å². The molecule has 0 aromatic heterocycles. The zero-order chi connectivity index (χ0) is 8.81. The average molecular weight is 162 g/mol. The van der Waals surface area contributed by atoms with Crippen LogP contribution in [0.5, 0.6) is 0 Å². The van der Waals surface area contributed by atoms with Gasteiger partial charge in [-0.2, -0.15) is 0 Å². The minimum Gasteiger partial charge on any atom is -0.303 e. The lowest BCUT2D eigenvalue weighted by molar-refractivity contribution is -0.107. The summed E-state index contributed by atoms with van der Waals surface area (Å²) in [7, 11) is 0. The fraction of sp³-hybridized carbons (Fsp3) is 0.364. The van der Waals surface area contributed by atoms with E-state index < -0.39 is 0 Å². The molecule has 0 atom stereocenters. The van der Waals surface area contributed by atoms with Gasteiger partial charge in [0, 0.05) is 6.42 Å². The van der Waals surface area contributed by atoms with Gasteiger partial charge in [-0.25, -0.2) is 0 Å². The number of carbonyl (C=O) groups excluding carboxylic acids is 1. The molecule has 0 aliphatic carbocycles. The molecule has 0 radical (unpaired) electrons. The summed E-state index contributed by atoms with van der Waals surface area (Å²) in [5, 5.41) is 0. The summed E-state index contributed by atoms with van der Waals surface area (Å²) in [6.45, 7) is 2.11. The van der Waals surface area contributed by atoms with Crippen LogP contribution in [0.1, 0.15) is 24.0 Å². The third kappa shape index (κ3) is 2.50. The fourth-order valence-electron chi connectivity index (χ4n) is 1.27. The highest BCUT2D eigenvalue weighted by atomic mass is 16.1. The summed E-state index contributed by atoms with van der Waals surface area (Å²) >= 11 is 0. The molecule has 0 saturated heterocycles. The molecule has 64 valence electrons. The first kappa shape index (κ1) is 8.98. The SMILES string of the molecule is Cc1ccccc1CCCC=O. The number of unbranched alkanes of at least 4 members (excludes halogenated alkanes) is 1. The standard InChI is InChI=1S/C11H14O/c1-10-6-2-3-7-11(10)8-4-5-9-12/h2-3,6-7,9H,4-5,8H2,1H3. The molecule has 1 aromatic carbocycles. The van der Waals surface area contributed by atoms with E-state index in [4.69, 9.17) is 0 Å². The molecule has 12 heavy (non-hydrogen) atoms. The number of rotatable bonds is 4. The van der Waals surface area contributed by atoms with Gasteiger partial charge in [0.2, 0.25) is 0 Å². The van der Waals surface area contributed by atoms with Crippen LogP contribution in [-0.4, -0.2) is 6.29 Å². The van der Waals surface area contributed by atoms with Crippen molar-refractivity contribution >= 4 is 6.29 Å². The van der Waals surface area contributed by atoms with Gasteiger partial charge in [0.1, 0.15) is 6.29 Å². The lowest BCUT2D eigenvalue weighted by Crippen LogP contribution is -1.89. The largest absolute Gasteiger partial charge is 0.303 e. The highest BCUT2D eigenvalue weighted by molar-refractivity contribution is 5.49. The molecule has 0 amide bonds. The van der Waals surface area contributed by atoms with E-state index in [9.17, 15) is 4.79 Å². The van der Waals surface area contributed by atoms with Crippen LogP contribution in [0, 0.1) is 6.92 Å². The quantitative estimate of drug-likeness (QED) is 0.491. The summed E-state index contributed by atoms with van der Waals surface area (Å²) in [6.07, 6.45) is 3.65. The fourth-order valence-corrected chi connectivity index (χ4v) is 1.27. The minimum atomic E-state index is 0.675. The molecule has 1 rings (SSSR count). The van der Waals surface area contributed by atoms with E-state index in [1.165, 1.54) is 11.1 Å². The molecule has 0 fully saturated rings. The monoisotopic (exact) mass is 162 g/mol. The second-order valence-electron chi connectivity index (χ2n) is 2.99. The van der Waals surface area contributed by atoms with Gasteiger partial charge in [0.05, 0.1) is 0 Å². The van der Waals surface area contributed by atoms with Gasteiger partial charge < -0.3 is 4.79 Å². The zero-order valence-corrected chi connectivity index (χ0v) is 7.42. The number of benzene rings is 1. The lowest BCUT2D eigenvalue weighted by atomic mass is 10.0. The van der Waals surface area contributed by atoms with Gasteiger partial charge in [-0.15, -0.1) is 0 Å². The smallest absolute Gasteiger partial charge is 0.120 e. The van der Waals surface area contributed by atoms with Gasteiger partial charge in [-0.3, -0.25) is 0 Å². The topological polar surface area (TPSA) is 17.1 Å². The zero-order valence-electron chi connectivity index (χ0n) is 7.42. The molecule has 0 heterocycles. The third-order valence-corrected chi connectivity index (χ3v) is 2.03. The van der Waals surface area contributed by atoms with Crippen LogP contribution in [-0.2, 0) is 11.2 Å². The molecular weight excluding hydrogens is 148 g/mol. The normalized spacial score (nSPS) is 9.75. The van der Waals surface area contributed by atoms with Gasteiger partial charge in [0.25, 0.3) is 0 Å². The van der Waals surface area contributed by atoms with Gasteiger partial charge in [0.15, 0.2) is 0 Å². The first-order valence-electron chi connectivity index (χ1n) is 4.32. The van der Waals surface area contributed by atoms with Crippen LogP contribution in [0.15, 0.2) is 24.3 Å². The van der Waals surface area contributed by atoms with E-state index in [1.807, 2.05) is 12.1 Å². The van der Waals surface area contributed by atoms with E-state index in [-0.39, 0.29) is 0 Å². The van der Waals surface area contributed by atoms with Crippen molar-refractivity contribution in [1.82, 2.24) is 0 Å². The number of hydrogen-bond donors (Lipinski definition) is 0. The Hall–Kier alpha value is -1.11. The Labute approximate surface area is 73.4 Å². The Bertz CT molecular complexity index is 253. The Morgan fingerprint density at radius 2 is 2.08 bits per heavy atom. The van der Waals surface area contributed by atoms with E-state index in [0.29, 0.717) is 6.42 Å². The highest BCUT2D eigenvalue weighted by Gasteiger charge is 1.95. The predicted molar refractivity (Wildman–Crippen MR) is 50.2 cm³/mol. The molecule has 0 unspecified atom stereocenters. The van der Waals surface area contributed by atoms with Crippen molar-refractivity contribution in [1.29, 1.82) is 0 Å². The van der Waals surface area contributed by atoms with Crippen molar-refractivity contribution < 1.29 is 4.79 Å². The molecule has 0 aliphatic rings. The van der Waals surface area contributed by atoms with Crippen molar-refractivity contribution in [3.05, 3.63) is 35.4 Å². The Balaban J connectivity index is 2.51. The maximum absolute atomic E-state index is 10.1. The molecule has 1 aromatic rings. The summed E-state index contributed by atoms with van der Waals surface area (Å²) in [6, 6.07) is 8.32. The summed E-state index contributed by atoms with van der Waals surface area (Å²) in [5.74, 6) is 0. The van der Waals surface area contributed by atoms with Gasteiger partial charge in [-0.1, -0.05) is 24.3 Å². The van der Waals surface area contributed by atoms with E-state index >= 15 is 0 Å². The molecule has 1 heteroatoms. The number of aryl methyl sites for hydroxylation is 2. The number of aldehydes is 1. The molecule has 0 N–H and O–H groups in total. The Morgan fingerprint density at radius 1 is 1.33 bits per heavy atom. The van der Waals surface area contributed by atoms with Crippen LogP contribution in [0.4, 0.5) is 0 Å². The summed E-state index contributed by atoms with van der Waals surface area (Å²) in [4.78, 5) is 10.1. The van der Waals surface area contributed by atoms with E-state index in [0.717, 1.165) is 19.1 Å². The molecule has 0 aliphatic heterocycles.